The van der Waals surface area contributed by atoms with Crippen LogP contribution in [0.25, 0.3) is 0 Å². The monoisotopic (exact) mass is 264 g/mol. The molecule has 0 atom stereocenters. The summed E-state index contributed by atoms with van der Waals surface area (Å²) in [5, 5.41) is 17.6. The van der Waals surface area contributed by atoms with Gasteiger partial charge in [-0.3, -0.25) is 0 Å². The van der Waals surface area contributed by atoms with E-state index in [0.717, 1.165) is 11.3 Å². The fraction of sp³-hybridized carbons (Fsp3) is 0.167. The first-order valence-electron chi connectivity index (χ1n) is 3.30. The molecular formula is C6H6BBrO4S. The quantitative estimate of drug-likeness (QED) is 0.582. The molecule has 0 spiro atoms. The summed E-state index contributed by atoms with van der Waals surface area (Å²) < 4.78 is 5.29. The number of thiophene rings is 1. The lowest BCUT2D eigenvalue weighted by molar-refractivity contribution is 0.0605. The van der Waals surface area contributed by atoms with Gasteiger partial charge >= 0.3 is 13.1 Å². The molecule has 0 aliphatic carbocycles. The molecule has 1 heterocycles. The van der Waals surface area contributed by atoms with Crippen molar-refractivity contribution < 1.29 is 19.6 Å². The van der Waals surface area contributed by atoms with Gasteiger partial charge in [0.15, 0.2) is 0 Å². The smallest absolute Gasteiger partial charge is 0.465 e. The minimum Gasteiger partial charge on any atom is -0.465 e. The van der Waals surface area contributed by atoms with E-state index in [2.05, 4.69) is 20.7 Å². The molecule has 0 fully saturated rings. The molecule has 7 heteroatoms. The summed E-state index contributed by atoms with van der Waals surface area (Å²) in [6.45, 7) is 0. The van der Waals surface area contributed by atoms with E-state index in [-0.39, 0.29) is 0 Å². The Morgan fingerprint density at radius 2 is 2.31 bits per heavy atom. The maximum Gasteiger partial charge on any atom is 0.499 e. The molecule has 0 bridgehead atoms. The second-order valence-electron chi connectivity index (χ2n) is 2.19. The number of carbonyl (C=O) groups excluding carboxylic acids is 1. The van der Waals surface area contributed by atoms with Crippen LogP contribution in [-0.2, 0) is 4.74 Å². The van der Waals surface area contributed by atoms with Crippen molar-refractivity contribution in [1.29, 1.82) is 0 Å². The van der Waals surface area contributed by atoms with E-state index in [1.165, 1.54) is 13.2 Å². The molecule has 0 saturated heterocycles. The highest BCUT2D eigenvalue weighted by atomic mass is 79.9. The Labute approximate surface area is 87.4 Å². The Bertz CT molecular complexity index is 324. The van der Waals surface area contributed by atoms with Crippen molar-refractivity contribution in [2.45, 2.75) is 0 Å². The van der Waals surface area contributed by atoms with Crippen LogP contribution in [0, 0.1) is 0 Å². The lowest BCUT2D eigenvalue weighted by atomic mass is 9.90. The highest BCUT2D eigenvalue weighted by Crippen LogP contribution is 2.21. The fourth-order valence-electron chi connectivity index (χ4n) is 0.746. The van der Waals surface area contributed by atoms with Gasteiger partial charge in [-0.1, -0.05) is 0 Å². The molecule has 1 rings (SSSR count). The molecule has 2 N–H and O–H groups in total. The number of esters is 1. The average molecular weight is 265 g/mol. The van der Waals surface area contributed by atoms with Crippen molar-refractivity contribution in [3.05, 3.63) is 15.4 Å². The standard InChI is InChI=1S/C6H6BBrO4S/c1-12-6(9)5-3(8)2-4(13-5)7(10)11/h2,10-11H,1H3. The van der Waals surface area contributed by atoms with E-state index in [1.807, 2.05) is 0 Å². The predicted molar refractivity (Wildman–Crippen MR) is 53.2 cm³/mol. The zero-order valence-corrected chi connectivity index (χ0v) is 9.05. The molecule has 0 aromatic carbocycles. The van der Waals surface area contributed by atoms with Gasteiger partial charge in [0.2, 0.25) is 0 Å². The molecule has 0 aliphatic heterocycles. The van der Waals surface area contributed by atoms with Crippen LogP contribution in [0.15, 0.2) is 10.5 Å². The van der Waals surface area contributed by atoms with E-state index in [1.54, 1.807) is 0 Å². The summed E-state index contributed by atoms with van der Waals surface area (Å²) in [4.78, 5) is 11.4. The van der Waals surface area contributed by atoms with Gasteiger partial charge in [0, 0.05) is 9.25 Å². The molecule has 13 heavy (non-hydrogen) atoms. The van der Waals surface area contributed by atoms with Crippen molar-refractivity contribution in [2.24, 2.45) is 0 Å². The van der Waals surface area contributed by atoms with E-state index in [9.17, 15) is 4.79 Å². The number of ether oxygens (including phenoxy) is 1. The first-order chi connectivity index (χ1) is 6.06. The molecule has 0 amide bonds. The Morgan fingerprint density at radius 1 is 1.69 bits per heavy atom. The summed E-state index contributed by atoms with van der Waals surface area (Å²) in [5.74, 6) is -0.497. The fourth-order valence-corrected chi connectivity index (χ4v) is 2.39. The molecule has 1 aromatic heterocycles. The minimum atomic E-state index is -1.56. The molecule has 70 valence electrons. The lowest BCUT2D eigenvalue weighted by Gasteiger charge is -1.94. The molecule has 4 nitrogen and oxygen atoms in total. The van der Waals surface area contributed by atoms with Gasteiger partial charge in [0.1, 0.15) is 4.88 Å². The number of hydrogen-bond donors (Lipinski definition) is 2. The van der Waals surface area contributed by atoms with Gasteiger partial charge < -0.3 is 14.8 Å². The minimum absolute atomic E-state index is 0.298. The van der Waals surface area contributed by atoms with Crippen molar-refractivity contribution in [2.75, 3.05) is 7.11 Å². The third-order valence-corrected chi connectivity index (χ3v) is 3.37. The van der Waals surface area contributed by atoms with Crippen LogP contribution in [-0.4, -0.2) is 30.2 Å². The number of carbonyl (C=O) groups is 1. The van der Waals surface area contributed by atoms with Gasteiger partial charge in [-0.15, -0.1) is 11.3 Å². The van der Waals surface area contributed by atoms with Crippen LogP contribution >= 0.6 is 27.3 Å². The van der Waals surface area contributed by atoms with Gasteiger partial charge in [-0.25, -0.2) is 4.79 Å². The second-order valence-corrected chi connectivity index (χ2v) is 4.13. The number of methoxy groups -OCH3 is 1. The molecular weight excluding hydrogens is 259 g/mol. The molecule has 0 radical (unpaired) electrons. The normalized spacial score (nSPS) is 9.85. The van der Waals surface area contributed by atoms with E-state index >= 15 is 0 Å². The maximum absolute atomic E-state index is 11.1. The SMILES string of the molecule is COC(=O)c1sc(B(O)O)cc1Br. The highest BCUT2D eigenvalue weighted by Gasteiger charge is 2.20. The van der Waals surface area contributed by atoms with E-state index in [4.69, 9.17) is 10.0 Å². The largest absolute Gasteiger partial charge is 0.499 e. The third kappa shape index (κ3) is 2.31. The predicted octanol–water partition coefficient (Wildman–Crippen LogP) is -0.0230. The van der Waals surface area contributed by atoms with E-state index in [0.29, 0.717) is 14.1 Å². The van der Waals surface area contributed by atoms with Crippen molar-refractivity contribution in [3.8, 4) is 0 Å². The zero-order valence-electron chi connectivity index (χ0n) is 6.65. The van der Waals surface area contributed by atoms with Crippen LogP contribution < -0.4 is 4.78 Å². The van der Waals surface area contributed by atoms with Crippen LogP contribution in [0.4, 0.5) is 0 Å². The van der Waals surface area contributed by atoms with Gasteiger partial charge in [0.25, 0.3) is 0 Å². The van der Waals surface area contributed by atoms with Crippen LogP contribution in [0.5, 0.6) is 0 Å². The molecule has 0 aliphatic rings. The van der Waals surface area contributed by atoms with Crippen LogP contribution in [0.3, 0.4) is 0 Å². The molecule has 0 saturated carbocycles. The highest BCUT2D eigenvalue weighted by molar-refractivity contribution is 9.10. The zero-order chi connectivity index (χ0) is 10.0. The van der Waals surface area contributed by atoms with Crippen molar-refractivity contribution in [3.63, 3.8) is 0 Å². The summed E-state index contributed by atoms with van der Waals surface area (Å²) in [7, 11) is -0.288. The number of halogens is 1. The summed E-state index contributed by atoms with van der Waals surface area (Å²) in [5.41, 5.74) is 0. The van der Waals surface area contributed by atoms with Gasteiger partial charge in [-0.2, -0.15) is 0 Å². The third-order valence-electron chi connectivity index (χ3n) is 1.33. The van der Waals surface area contributed by atoms with Crippen molar-refractivity contribution >= 4 is 45.1 Å². The van der Waals surface area contributed by atoms with Gasteiger partial charge in [0.05, 0.1) is 7.11 Å². The number of rotatable bonds is 2. The van der Waals surface area contributed by atoms with Crippen molar-refractivity contribution in [1.82, 2.24) is 0 Å². The van der Waals surface area contributed by atoms with E-state index < -0.39 is 13.1 Å². The Morgan fingerprint density at radius 3 is 2.69 bits per heavy atom. The van der Waals surface area contributed by atoms with Crippen LogP contribution in [0.2, 0.25) is 0 Å². The Kier molecular flexibility index (Phi) is 3.49. The number of hydrogen-bond acceptors (Lipinski definition) is 5. The summed E-state index contributed by atoms with van der Waals surface area (Å²) in [6.07, 6.45) is 0. The summed E-state index contributed by atoms with van der Waals surface area (Å²) >= 11 is 4.09. The summed E-state index contributed by atoms with van der Waals surface area (Å²) in [6, 6.07) is 1.47. The topological polar surface area (TPSA) is 66.8 Å². The lowest BCUT2D eigenvalue weighted by Crippen LogP contribution is -2.26. The second kappa shape index (κ2) is 4.23. The first-order valence-corrected chi connectivity index (χ1v) is 4.91. The Balaban J connectivity index is 3.03. The first kappa shape index (κ1) is 10.7. The Hall–Kier alpha value is -0.365. The average Bonchev–Trinajstić information content (AvgIpc) is 2.46. The van der Waals surface area contributed by atoms with Gasteiger partial charge in [-0.05, 0) is 22.0 Å². The van der Waals surface area contributed by atoms with Crippen LogP contribution in [0.1, 0.15) is 9.67 Å². The molecule has 0 unspecified atom stereocenters. The maximum atomic E-state index is 11.1. The molecule has 1 aromatic rings.